The Morgan fingerprint density at radius 3 is 2.70 bits per heavy atom. The fourth-order valence-electron chi connectivity index (χ4n) is 3.02. The van der Waals surface area contributed by atoms with Gasteiger partial charge in [0.25, 0.3) is 5.91 Å². The van der Waals surface area contributed by atoms with Gasteiger partial charge in [0, 0.05) is 28.1 Å². The Kier molecular flexibility index (Phi) is 7.29. The van der Waals surface area contributed by atoms with Crippen LogP contribution in [0.2, 0.25) is 15.1 Å². The van der Waals surface area contributed by atoms with Gasteiger partial charge in [-0.2, -0.15) is 0 Å². The molecule has 1 aliphatic heterocycles. The lowest BCUT2D eigenvalue weighted by atomic mass is 10.1. The van der Waals surface area contributed by atoms with E-state index >= 15 is 0 Å². The summed E-state index contributed by atoms with van der Waals surface area (Å²) in [6.45, 7) is 1.38. The highest BCUT2D eigenvalue weighted by Crippen LogP contribution is 2.34. The number of rotatable bonds is 5. The minimum Gasteiger partial charge on any atom is -0.455 e. The first kappa shape index (κ1) is 22.9. The first-order valence-electron chi connectivity index (χ1n) is 8.84. The van der Waals surface area contributed by atoms with Crippen molar-refractivity contribution in [2.45, 2.75) is 13.3 Å². The molecule has 3 rings (SSSR count). The van der Waals surface area contributed by atoms with Crippen LogP contribution in [0.1, 0.15) is 12.0 Å². The van der Waals surface area contributed by atoms with E-state index in [2.05, 4.69) is 21.2 Å². The van der Waals surface area contributed by atoms with Gasteiger partial charge in [-0.25, -0.2) is 0 Å². The number of amides is 2. The third-order valence-electron chi connectivity index (χ3n) is 4.62. The highest BCUT2D eigenvalue weighted by Gasteiger charge is 2.37. The van der Waals surface area contributed by atoms with Crippen LogP contribution in [0, 0.1) is 12.8 Å². The molecule has 0 radical (unpaired) electrons. The molecule has 1 N–H and O–H groups in total. The van der Waals surface area contributed by atoms with Crippen molar-refractivity contribution >= 4 is 79.9 Å². The monoisotopic (exact) mass is 532 g/mol. The van der Waals surface area contributed by atoms with Crippen molar-refractivity contribution in [3.8, 4) is 0 Å². The maximum Gasteiger partial charge on any atom is 0.311 e. The van der Waals surface area contributed by atoms with Crippen LogP contribution in [0.4, 0.5) is 11.4 Å². The first-order chi connectivity index (χ1) is 14.2. The number of ether oxygens (including phenoxy) is 1. The fraction of sp³-hybridized carbons (Fsp3) is 0.250. The van der Waals surface area contributed by atoms with Crippen molar-refractivity contribution in [1.82, 2.24) is 0 Å². The Labute approximate surface area is 196 Å². The number of carbonyl (C=O) groups excluding carboxylic acids is 3. The smallest absolute Gasteiger partial charge is 0.311 e. The molecular formula is C20H16BrCl3N2O4. The molecular weight excluding hydrogens is 518 g/mol. The highest BCUT2D eigenvalue weighted by molar-refractivity contribution is 9.10. The molecule has 0 bridgehead atoms. The zero-order valence-corrected chi connectivity index (χ0v) is 19.5. The summed E-state index contributed by atoms with van der Waals surface area (Å²) in [5.74, 6) is -2.12. The molecule has 2 aromatic carbocycles. The van der Waals surface area contributed by atoms with Gasteiger partial charge in [0.05, 0.1) is 21.7 Å². The number of benzene rings is 2. The quantitative estimate of drug-likeness (QED) is 0.532. The van der Waals surface area contributed by atoms with Gasteiger partial charge < -0.3 is 15.0 Å². The molecule has 6 nitrogen and oxygen atoms in total. The Hall–Kier alpha value is -1.80. The molecule has 1 saturated heterocycles. The van der Waals surface area contributed by atoms with Gasteiger partial charge in [0.1, 0.15) is 0 Å². The van der Waals surface area contributed by atoms with Crippen molar-refractivity contribution in [3.05, 3.63) is 55.4 Å². The third kappa shape index (κ3) is 5.09. The lowest BCUT2D eigenvalue weighted by Gasteiger charge is -2.18. The molecule has 0 spiro atoms. The molecule has 0 saturated carbocycles. The predicted octanol–water partition coefficient (Wildman–Crippen LogP) is 5.25. The van der Waals surface area contributed by atoms with Gasteiger partial charge in [-0.05, 0) is 58.7 Å². The van der Waals surface area contributed by atoms with E-state index in [1.165, 1.54) is 4.90 Å². The van der Waals surface area contributed by atoms with Crippen LogP contribution in [0.15, 0.2) is 34.8 Å². The zero-order valence-electron chi connectivity index (χ0n) is 15.7. The second-order valence-corrected chi connectivity index (χ2v) is 8.77. The molecule has 30 heavy (non-hydrogen) atoms. The Morgan fingerprint density at radius 2 is 1.97 bits per heavy atom. The van der Waals surface area contributed by atoms with Crippen molar-refractivity contribution in [2.75, 3.05) is 23.4 Å². The highest BCUT2D eigenvalue weighted by atomic mass is 79.9. The summed E-state index contributed by atoms with van der Waals surface area (Å²) < 4.78 is 5.82. The van der Waals surface area contributed by atoms with Crippen LogP contribution in [0.5, 0.6) is 0 Å². The molecule has 0 aromatic heterocycles. The summed E-state index contributed by atoms with van der Waals surface area (Å²) in [4.78, 5) is 38.3. The number of carbonyl (C=O) groups is 3. The number of esters is 1. The van der Waals surface area contributed by atoms with Crippen LogP contribution in [0.25, 0.3) is 0 Å². The Morgan fingerprint density at radius 1 is 1.23 bits per heavy atom. The second kappa shape index (κ2) is 9.56. The SMILES string of the molecule is Cc1c(NC(=O)COC(=O)[C@@H]2CC(=O)N(c3cc(Cl)ccc3Cl)C2)ccc(Br)c1Cl. The standard InChI is InChI=1S/C20H16BrCl3N2O4/c1-10-15(5-3-13(21)19(10)24)25-17(27)9-30-20(29)11-6-18(28)26(8-11)16-7-12(22)2-4-14(16)23/h2-5,7,11H,6,8-9H2,1H3,(H,25,27)/t11-/m1/s1. The molecule has 1 atom stereocenters. The third-order valence-corrected chi connectivity index (χ3v) is 6.55. The summed E-state index contributed by atoms with van der Waals surface area (Å²) >= 11 is 21.6. The predicted molar refractivity (Wildman–Crippen MR) is 120 cm³/mol. The van der Waals surface area contributed by atoms with Crippen molar-refractivity contribution in [1.29, 1.82) is 0 Å². The second-order valence-electron chi connectivity index (χ2n) is 6.69. The van der Waals surface area contributed by atoms with Gasteiger partial charge >= 0.3 is 5.97 Å². The number of anilines is 2. The average molecular weight is 535 g/mol. The number of nitrogens with one attached hydrogen (secondary N) is 1. The lowest BCUT2D eigenvalue weighted by Crippen LogP contribution is -2.28. The van der Waals surface area contributed by atoms with Crippen LogP contribution in [0.3, 0.4) is 0 Å². The van der Waals surface area contributed by atoms with Crippen molar-refractivity contribution < 1.29 is 19.1 Å². The first-order valence-corrected chi connectivity index (χ1v) is 10.8. The largest absolute Gasteiger partial charge is 0.455 e. The van der Waals surface area contributed by atoms with Crippen LogP contribution in [-0.2, 0) is 19.1 Å². The van der Waals surface area contributed by atoms with Crippen LogP contribution in [-0.4, -0.2) is 30.9 Å². The zero-order chi connectivity index (χ0) is 22.0. The maximum atomic E-state index is 12.4. The van der Waals surface area contributed by atoms with E-state index in [9.17, 15) is 14.4 Å². The van der Waals surface area contributed by atoms with E-state index in [1.807, 2.05) is 0 Å². The van der Waals surface area contributed by atoms with Crippen molar-refractivity contribution in [3.63, 3.8) is 0 Å². The summed E-state index contributed by atoms with van der Waals surface area (Å²) in [5, 5.41) is 3.91. The molecule has 0 unspecified atom stereocenters. The molecule has 1 fully saturated rings. The van der Waals surface area contributed by atoms with Crippen LogP contribution < -0.4 is 10.2 Å². The number of halogens is 4. The number of hydrogen-bond donors (Lipinski definition) is 1. The molecule has 1 heterocycles. The molecule has 10 heteroatoms. The van der Waals surface area contributed by atoms with E-state index in [-0.39, 0.29) is 18.9 Å². The van der Waals surface area contributed by atoms with Gasteiger partial charge in [-0.15, -0.1) is 0 Å². The molecule has 2 aromatic rings. The summed E-state index contributed by atoms with van der Waals surface area (Å²) in [5.41, 5.74) is 1.63. The van der Waals surface area contributed by atoms with Crippen LogP contribution >= 0.6 is 50.7 Å². The van der Waals surface area contributed by atoms with E-state index in [1.54, 1.807) is 37.3 Å². The number of nitrogens with zero attached hydrogens (tertiary/aromatic N) is 1. The maximum absolute atomic E-state index is 12.4. The van der Waals surface area contributed by atoms with Gasteiger partial charge in [-0.3, -0.25) is 14.4 Å². The van der Waals surface area contributed by atoms with E-state index in [4.69, 9.17) is 39.5 Å². The Bertz CT molecular complexity index is 1030. The fourth-order valence-corrected chi connectivity index (χ4v) is 4.00. The molecule has 2 amide bonds. The minimum absolute atomic E-state index is 0.0370. The molecule has 1 aliphatic rings. The normalized spacial score (nSPS) is 16.0. The van der Waals surface area contributed by atoms with E-state index in [0.29, 0.717) is 36.5 Å². The summed E-state index contributed by atoms with van der Waals surface area (Å²) in [6, 6.07) is 8.15. The average Bonchev–Trinajstić information content (AvgIpc) is 3.10. The van der Waals surface area contributed by atoms with Crippen molar-refractivity contribution in [2.24, 2.45) is 5.92 Å². The van der Waals surface area contributed by atoms with Gasteiger partial charge in [0.15, 0.2) is 6.61 Å². The molecule has 158 valence electrons. The summed E-state index contributed by atoms with van der Waals surface area (Å²) in [7, 11) is 0. The number of hydrogen-bond acceptors (Lipinski definition) is 4. The van der Waals surface area contributed by atoms with Gasteiger partial charge in [-0.1, -0.05) is 34.8 Å². The van der Waals surface area contributed by atoms with E-state index in [0.717, 1.165) is 0 Å². The van der Waals surface area contributed by atoms with Gasteiger partial charge in [0.2, 0.25) is 5.91 Å². The minimum atomic E-state index is -0.704. The Balaban J connectivity index is 1.58. The van der Waals surface area contributed by atoms with E-state index < -0.39 is 24.4 Å². The molecule has 0 aliphatic carbocycles. The lowest BCUT2D eigenvalue weighted by molar-refractivity contribution is -0.151. The topological polar surface area (TPSA) is 75.7 Å². The summed E-state index contributed by atoms with van der Waals surface area (Å²) in [6.07, 6.45) is -0.0370.